The maximum absolute atomic E-state index is 13.4. The molecule has 2 aliphatic rings. The second-order valence-electron chi connectivity index (χ2n) is 9.44. The summed E-state index contributed by atoms with van der Waals surface area (Å²) in [4.78, 5) is 33.9. The number of amides is 2. The molecule has 0 spiro atoms. The van der Waals surface area contributed by atoms with Gasteiger partial charge in [0.15, 0.2) is 0 Å². The Morgan fingerprint density at radius 3 is 2.71 bits per heavy atom. The van der Waals surface area contributed by atoms with Crippen molar-refractivity contribution in [3.63, 3.8) is 0 Å². The number of hydrogen-bond acceptors (Lipinski definition) is 5. The van der Waals surface area contributed by atoms with Crippen LogP contribution in [0.2, 0.25) is 0 Å². The lowest BCUT2D eigenvalue weighted by atomic mass is 9.99. The highest BCUT2D eigenvalue weighted by Gasteiger charge is 2.34. The molecule has 3 atom stereocenters. The molecule has 0 bridgehead atoms. The number of fused-ring (bicyclic) bond motifs is 1. The maximum atomic E-state index is 13.4. The summed E-state index contributed by atoms with van der Waals surface area (Å²) in [5.41, 5.74) is 1.30. The molecule has 35 heavy (non-hydrogen) atoms. The van der Waals surface area contributed by atoms with Gasteiger partial charge in [0.25, 0.3) is 11.8 Å². The van der Waals surface area contributed by atoms with Crippen molar-refractivity contribution in [2.24, 2.45) is 11.8 Å². The quantitative estimate of drug-likeness (QED) is 0.667. The minimum absolute atomic E-state index is 0.166. The van der Waals surface area contributed by atoms with Crippen molar-refractivity contribution in [3.05, 3.63) is 59.0 Å². The van der Waals surface area contributed by atoms with Crippen LogP contribution < -0.4 is 4.74 Å². The topological polar surface area (TPSA) is 83.0 Å². The van der Waals surface area contributed by atoms with Gasteiger partial charge < -0.3 is 19.6 Å². The van der Waals surface area contributed by atoms with Crippen LogP contribution >= 0.6 is 0 Å². The molecule has 0 radical (unpaired) electrons. The molecule has 0 unspecified atom stereocenters. The molecule has 1 aromatic heterocycles. The number of halogens is 1. The molecule has 1 aromatic carbocycles. The molecule has 1 aliphatic carbocycles. The average Bonchev–Trinajstić information content (AvgIpc) is 3.69. The fourth-order valence-corrected chi connectivity index (χ4v) is 3.97. The Balaban J connectivity index is 1.62. The number of carbonyl (C=O) groups excluding carboxylic acids is 2. The Kier molecular flexibility index (Phi) is 7.37. The highest BCUT2D eigenvalue weighted by Crippen LogP contribution is 2.29. The highest BCUT2D eigenvalue weighted by molar-refractivity contribution is 5.97. The lowest BCUT2D eigenvalue weighted by Crippen LogP contribution is -2.50. The van der Waals surface area contributed by atoms with Crippen molar-refractivity contribution in [2.75, 3.05) is 26.7 Å². The van der Waals surface area contributed by atoms with E-state index in [9.17, 15) is 19.1 Å². The van der Waals surface area contributed by atoms with E-state index in [0.29, 0.717) is 23.6 Å². The molecule has 1 saturated carbocycles. The first-order valence-corrected chi connectivity index (χ1v) is 11.9. The second-order valence-corrected chi connectivity index (χ2v) is 9.44. The van der Waals surface area contributed by atoms with Gasteiger partial charge in [-0.05, 0) is 50.1 Å². The third-order valence-corrected chi connectivity index (χ3v) is 6.41. The van der Waals surface area contributed by atoms with Crippen LogP contribution in [0.1, 0.15) is 53.0 Å². The normalized spacial score (nSPS) is 20.5. The van der Waals surface area contributed by atoms with E-state index < -0.39 is 18.0 Å². The number of pyridine rings is 1. The first-order valence-electron chi connectivity index (χ1n) is 11.9. The molecule has 2 amide bonds. The Bertz CT molecular complexity index is 1150. The summed E-state index contributed by atoms with van der Waals surface area (Å²) in [5.74, 6) is 5.75. The van der Waals surface area contributed by atoms with Crippen molar-refractivity contribution < 1.29 is 23.8 Å². The second kappa shape index (κ2) is 10.4. The zero-order chi connectivity index (χ0) is 25.1. The Morgan fingerprint density at radius 1 is 1.34 bits per heavy atom. The molecular weight excluding hydrogens is 449 g/mol. The first kappa shape index (κ1) is 24.7. The average molecular weight is 480 g/mol. The predicted octanol–water partition coefficient (Wildman–Crippen LogP) is 2.97. The Hall–Kier alpha value is -3.44. The minimum Gasteiger partial charge on any atom is -0.472 e. The van der Waals surface area contributed by atoms with E-state index in [1.807, 2.05) is 6.92 Å². The minimum atomic E-state index is -0.472. The summed E-state index contributed by atoms with van der Waals surface area (Å²) < 4.78 is 19.5. The third-order valence-electron chi connectivity index (χ3n) is 6.41. The van der Waals surface area contributed by atoms with Gasteiger partial charge in [0.2, 0.25) is 5.88 Å². The first-order chi connectivity index (χ1) is 16.8. The number of carbonyl (C=O) groups is 2. The van der Waals surface area contributed by atoms with Gasteiger partial charge in [-0.1, -0.05) is 18.8 Å². The van der Waals surface area contributed by atoms with Gasteiger partial charge in [-0.2, -0.15) is 0 Å². The number of aliphatic hydroxyl groups is 1. The largest absolute Gasteiger partial charge is 0.472 e. The van der Waals surface area contributed by atoms with E-state index >= 15 is 0 Å². The van der Waals surface area contributed by atoms with Gasteiger partial charge in [0, 0.05) is 42.8 Å². The van der Waals surface area contributed by atoms with Crippen LogP contribution in [0.25, 0.3) is 0 Å². The number of aromatic nitrogens is 1. The van der Waals surface area contributed by atoms with Crippen LogP contribution in [0, 0.1) is 29.5 Å². The van der Waals surface area contributed by atoms with Gasteiger partial charge >= 0.3 is 0 Å². The summed E-state index contributed by atoms with van der Waals surface area (Å²) in [7, 11) is 1.66. The van der Waals surface area contributed by atoms with Crippen molar-refractivity contribution >= 4 is 11.8 Å². The fourth-order valence-electron chi connectivity index (χ4n) is 3.97. The monoisotopic (exact) mass is 479 g/mol. The molecule has 8 heteroatoms. The van der Waals surface area contributed by atoms with E-state index in [1.54, 1.807) is 31.1 Å². The summed E-state index contributed by atoms with van der Waals surface area (Å²) >= 11 is 0. The zero-order valence-electron chi connectivity index (χ0n) is 20.2. The molecule has 7 nitrogen and oxygen atoms in total. The molecule has 184 valence electrons. The maximum Gasteiger partial charge on any atom is 0.259 e. The van der Waals surface area contributed by atoms with Crippen LogP contribution in [-0.4, -0.2) is 70.6 Å². The molecule has 0 saturated heterocycles. The number of benzene rings is 1. The lowest BCUT2D eigenvalue weighted by molar-refractivity contribution is 0.0313. The smallest absolute Gasteiger partial charge is 0.259 e. The van der Waals surface area contributed by atoms with Crippen molar-refractivity contribution in [2.45, 2.75) is 38.8 Å². The van der Waals surface area contributed by atoms with Crippen LogP contribution in [0.5, 0.6) is 5.88 Å². The summed E-state index contributed by atoms with van der Waals surface area (Å²) in [6, 6.07) is 6.68. The summed E-state index contributed by atoms with van der Waals surface area (Å²) in [5, 5.41) is 9.80. The van der Waals surface area contributed by atoms with E-state index in [0.717, 1.165) is 12.8 Å². The molecule has 1 N–H and O–H groups in total. The standard InChI is InChI=1S/C27H30FN3O4/c1-17-14-31(18(2)16-32)27(34)23-12-20(7-6-19-4-5-19)13-29-25(23)35-24(17)15-30(3)26(33)21-8-10-22(28)11-9-21/h8-13,17-19,24,32H,4-5,14-16H2,1-3H3/t17-,18-,24+/m1/s1. The Labute approximate surface area is 204 Å². The van der Waals surface area contributed by atoms with Crippen LogP contribution in [-0.2, 0) is 0 Å². The van der Waals surface area contributed by atoms with E-state index in [-0.39, 0.29) is 42.3 Å². The van der Waals surface area contributed by atoms with Crippen LogP contribution in [0.15, 0.2) is 36.5 Å². The number of rotatable bonds is 5. The van der Waals surface area contributed by atoms with Gasteiger partial charge in [0.05, 0.1) is 19.2 Å². The fraction of sp³-hybridized carbons (Fsp3) is 0.444. The summed E-state index contributed by atoms with van der Waals surface area (Å²) in [6.07, 6.45) is 3.32. The van der Waals surface area contributed by atoms with E-state index in [1.165, 1.54) is 29.2 Å². The van der Waals surface area contributed by atoms with Crippen molar-refractivity contribution in [1.82, 2.24) is 14.8 Å². The molecule has 1 fully saturated rings. The van der Waals surface area contributed by atoms with Gasteiger partial charge in [-0.25, -0.2) is 9.37 Å². The number of likely N-dealkylation sites (N-methyl/N-ethyl adjacent to an activating group) is 1. The van der Waals surface area contributed by atoms with Gasteiger partial charge in [-0.15, -0.1) is 0 Å². The molecule has 1 aliphatic heterocycles. The van der Waals surface area contributed by atoms with E-state index in [2.05, 4.69) is 16.8 Å². The lowest BCUT2D eigenvalue weighted by Gasteiger charge is -2.37. The number of hydrogen-bond donors (Lipinski definition) is 1. The highest BCUT2D eigenvalue weighted by atomic mass is 19.1. The van der Waals surface area contributed by atoms with Gasteiger partial charge in [-0.3, -0.25) is 9.59 Å². The Morgan fingerprint density at radius 2 is 2.06 bits per heavy atom. The molecule has 4 rings (SSSR count). The molecule has 2 heterocycles. The van der Waals surface area contributed by atoms with Crippen molar-refractivity contribution in [1.29, 1.82) is 0 Å². The summed E-state index contributed by atoms with van der Waals surface area (Å²) in [6.45, 7) is 4.11. The molecular formula is C27H30FN3O4. The zero-order valence-corrected chi connectivity index (χ0v) is 20.2. The number of aliphatic hydroxyl groups excluding tert-OH is 1. The van der Waals surface area contributed by atoms with Crippen LogP contribution in [0.4, 0.5) is 4.39 Å². The number of ether oxygens (including phenoxy) is 1. The van der Waals surface area contributed by atoms with Crippen LogP contribution in [0.3, 0.4) is 0 Å². The van der Waals surface area contributed by atoms with E-state index in [4.69, 9.17) is 4.74 Å². The SMILES string of the molecule is C[C@@H]1CN([C@H](C)CO)C(=O)c2cc(C#CC3CC3)cnc2O[C@H]1CN(C)C(=O)c1ccc(F)cc1. The number of nitrogens with zero attached hydrogens (tertiary/aromatic N) is 3. The third kappa shape index (κ3) is 5.80. The van der Waals surface area contributed by atoms with Gasteiger partial charge in [0.1, 0.15) is 17.5 Å². The van der Waals surface area contributed by atoms with Crippen molar-refractivity contribution in [3.8, 4) is 17.7 Å². The molecule has 2 aromatic rings. The predicted molar refractivity (Wildman–Crippen MR) is 128 cm³/mol.